The molecule has 6 heteroatoms. The summed E-state index contributed by atoms with van der Waals surface area (Å²) in [6.45, 7) is 3.12. The maximum absolute atomic E-state index is 6.28. The highest BCUT2D eigenvalue weighted by atomic mass is 35.5. The van der Waals surface area contributed by atoms with E-state index in [-0.39, 0.29) is 0 Å². The van der Waals surface area contributed by atoms with Gasteiger partial charge < -0.3 is 10.2 Å². The second-order valence-electron chi connectivity index (χ2n) is 6.46. The van der Waals surface area contributed by atoms with E-state index in [1.54, 1.807) is 4.80 Å². The zero-order valence-electron chi connectivity index (χ0n) is 15.2. The molecular weight excluding hydrogens is 346 g/mol. The number of hydrogen-bond donors (Lipinski definition) is 1. The molecule has 0 aliphatic heterocycles. The van der Waals surface area contributed by atoms with Gasteiger partial charge in [-0.05, 0) is 25.7 Å². The number of rotatable bonds is 8. The normalized spacial score (nSPS) is 11.2. The molecule has 0 saturated heterocycles. The summed E-state index contributed by atoms with van der Waals surface area (Å²) in [4.78, 5) is 3.88. The molecule has 0 aliphatic carbocycles. The SMILES string of the molecule is CN(C)CCNCc1nn(Cc2ccccc2Cl)nc1-c1ccccc1. The lowest BCUT2D eigenvalue weighted by Crippen LogP contribution is -2.26. The van der Waals surface area contributed by atoms with E-state index in [0.717, 1.165) is 40.6 Å². The largest absolute Gasteiger partial charge is 0.310 e. The van der Waals surface area contributed by atoms with Gasteiger partial charge in [0.2, 0.25) is 0 Å². The minimum Gasteiger partial charge on any atom is -0.310 e. The zero-order chi connectivity index (χ0) is 18.4. The molecule has 3 aromatic rings. The monoisotopic (exact) mass is 369 g/mol. The first kappa shape index (κ1) is 18.6. The van der Waals surface area contributed by atoms with Crippen LogP contribution in [0.15, 0.2) is 54.6 Å². The minimum atomic E-state index is 0.553. The number of nitrogens with one attached hydrogen (secondary N) is 1. The Kier molecular flexibility index (Phi) is 6.39. The lowest BCUT2D eigenvalue weighted by atomic mass is 10.1. The fraction of sp³-hybridized carbons (Fsp3) is 0.300. The summed E-state index contributed by atoms with van der Waals surface area (Å²) in [6, 6.07) is 18.0. The van der Waals surface area contributed by atoms with Crippen LogP contribution >= 0.6 is 11.6 Å². The van der Waals surface area contributed by atoms with Gasteiger partial charge in [0, 0.05) is 30.2 Å². The van der Waals surface area contributed by atoms with Crippen LogP contribution in [0, 0.1) is 0 Å². The molecule has 5 nitrogen and oxygen atoms in total. The van der Waals surface area contributed by atoms with Gasteiger partial charge in [0.25, 0.3) is 0 Å². The molecule has 136 valence electrons. The Morgan fingerprint density at radius 3 is 2.46 bits per heavy atom. The van der Waals surface area contributed by atoms with E-state index < -0.39 is 0 Å². The summed E-state index contributed by atoms with van der Waals surface area (Å²) in [5.74, 6) is 0. The van der Waals surface area contributed by atoms with Crippen LogP contribution in [0.5, 0.6) is 0 Å². The zero-order valence-corrected chi connectivity index (χ0v) is 15.9. The van der Waals surface area contributed by atoms with E-state index in [1.165, 1.54) is 0 Å². The predicted molar refractivity (Wildman–Crippen MR) is 106 cm³/mol. The maximum atomic E-state index is 6.28. The van der Waals surface area contributed by atoms with Crippen molar-refractivity contribution in [2.45, 2.75) is 13.1 Å². The third kappa shape index (κ3) is 4.91. The Morgan fingerprint density at radius 2 is 1.73 bits per heavy atom. The lowest BCUT2D eigenvalue weighted by Gasteiger charge is -2.09. The molecule has 1 heterocycles. The third-order valence-electron chi connectivity index (χ3n) is 4.07. The van der Waals surface area contributed by atoms with Gasteiger partial charge in [-0.3, -0.25) is 0 Å². The summed E-state index contributed by atoms with van der Waals surface area (Å²) in [6.07, 6.45) is 0. The fourth-order valence-electron chi connectivity index (χ4n) is 2.68. The van der Waals surface area contributed by atoms with Crippen LogP contribution in [0.25, 0.3) is 11.3 Å². The van der Waals surface area contributed by atoms with Crippen molar-refractivity contribution in [2.75, 3.05) is 27.2 Å². The van der Waals surface area contributed by atoms with Gasteiger partial charge >= 0.3 is 0 Å². The maximum Gasteiger partial charge on any atom is 0.117 e. The van der Waals surface area contributed by atoms with Crippen molar-refractivity contribution in [1.82, 2.24) is 25.2 Å². The topological polar surface area (TPSA) is 46.0 Å². The van der Waals surface area contributed by atoms with Crippen LogP contribution in [0.3, 0.4) is 0 Å². The molecule has 0 spiro atoms. The highest BCUT2D eigenvalue weighted by molar-refractivity contribution is 6.31. The first-order chi connectivity index (χ1) is 12.6. The van der Waals surface area contributed by atoms with Crippen LogP contribution in [0.4, 0.5) is 0 Å². The van der Waals surface area contributed by atoms with Crippen molar-refractivity contribution in [3.63, 3.8) is 0 Å². The van der Waals surface area contributed by atoms with Crippen LogP contribution in [-0.4, -0.2) is 47.1 Å². The molecule has 0 bridgehead atoms. The lowest BCUT2D eigenvalue weighted by molar-refractivity contribution is 0.399. The summed E-state index contributed by atoms with van der Waals surface area (Å²) in [5, 5.41) is 13.6. The van der Waals surface area contributed by atoms with Crippen molar-refractivity contribution >= 4 is 11.6 Å². The van der Waals surface area contributed by atoms with Gasteiger partial charge in [0.05, 0.1) is 6.54 Å². The molecule has 3 rings (SSSR count). The molecule has 0 fully saturated rings. The Labute approximate surface area is 159 Å². The van der Waals surface area contributed by atoms with Crippen molar-refractivity contribution in [3.05, 3.63) is 70.9 Å². The number of aromatic nitrogens is 3. The number of benzene rings is 2. The van der Waals surface area contributed by atoms with Crippen molar-refractivity contribution in [1.29, 1.82) is 0 Å². The van der Waals surface area contributed by atoms with Gasteiger partial charge in [-0.25, -0.2) is 0 Å². The Balaban J connectivity index is 1.81. The first-order valence-electron chi connectivity index (χ1n) is 8.72. The van der Waals surface area contributed by atoms with E-state index in [2.05, 4.69) is 36.4 Å². The predicted octanol–water partition coefficient (Wildman–Crippen LogP) is 3.30. The highest BCUT2D eigenvalue weighted by Crippen LogP contribution is 2.21. The van der Waals surface area contributed by atoms with E-state index in [0.29, 0.717) is 13.1 Å². The fourth-order valence-corrected chi connectivity index (χ4v) is 2.88. The van der Waals surface area contributed by atoms with E-state index in [9.17, 15) is 0 Å². The second kappa shape index (κ2) is 8.94. The van der Waals surface area contributed by atoms with Crippen LogP contribution in [0.1, 0.15) is 11.3 Å². The smallest absolute Gasteiger partial charge is 0.117 e. The number of nitrogens with zero attached hydrogens (tertiary/aromatic N) is 4. The summed E-state index contributed by atoms with van der Waals surface area (Å²) in [5.41, 5.74) is 3.94. The summed E-state index contributed by atoms with van der Waals surface area (Å²) >= 11 is 6.28. The Bertz CT molecular complexity index is 829. The highest BCUT2D eigenvalue weighted by Gasteiger charge is 2.13. The quantitative estimate of drug-likeness (QED) is 0.619. The summed E-state index contributed by atoms with van der Waals surface area (Å²) in [7, 11) is 4.13. The molecule has 26 heavy (non-hydrogen) atoms. The van der Waals surface area contributed by atoms with Gasteiger partial charge in [-0.2, -0.15) is 15.0 Å². The number of hydrogen-bond acceptors (Lipinski definition) is 4. The van der Waals surface area contributed by atoms with Crippen molar-refractivity contribution in [2.24, 2.45) is 0 Å². The third-order valence-corrected chi connectivity index (χ3v) is 4.44. The van der Waals surface area contributed by atoms with Crippen LogP contribution in [0.2, 0.25) is 5.02 Å². The molecule has 1 N–H and O–H groups in total. The number of likely N-dealkylation sites (N-methyl/N-ethyl adjacent to an activating group) is 1. The molecular formula is C20H24ClN5. The van der Waals surface area contributed by atoms with Gasteiger partial charge in [-0.1, -0.05) is 60.1 Å². The Morgan fingerprint density at radius 1 is 1.00 bits per heavy atom. The average molecular weight is 370 g/mol. The van der Waals surface area contributed by atoms with Gasteiger partial charge in [0.15, 0.2) is 0 Å². The molecule has 0 radical (unpaired) electrons. The van der Waals surface area contributed by atoms with Gasteiger partial charge in [-0.15, -0.1) is 0 Å². The Hall–Kier alpha value is -2.21. The van der Waals surface area contributed by atoms with Crippen LogP contribution in [-0.2, 0) is 13.1 Å². The van der Waals surface area contributed by atoms with E-state index in [1.807, 2.05) is 42.5 Å². The van der Waals surface area contributed by atoms with Crippen molar-refractivity contribution < 1.29 is 0 Å². The summed E-state index contributed by atoms with van der Waals surface area (Å²) < 4.78 is 0. The second-order valence-corrected chi connectivity index (χ2v) is 6.87. The van der Waals surface area contributed by atoms with E-state index >= 15 is 0 Å². The molecule has 0 saturated carbocycles. The molecule has 0 amide bonds. The average Bonchev–Trinajstić information content (AvgIpc) is 3.04. The van der Waals surface area contributed by atoms with Gasteiger partial charge in [0.1, 0.15) is 11.4 Å². The molecule has 0 aliphatic rings. The molecule has 2 aromatic carbocycles. The minimum absolute atomic E-state index is 0.553. The first-order valence-corrected chi connectivity index (χ1v) is 9.09. The molecule has 1 aromatic heterocycles. The standard InChI is InChI=1S/C20H24ClN5/c1-25(2)13-12-22-14-19-20(16-8-4-3-5-9-16)24-26(23-19)15-17-10-6-7-11-18(17)21/h3-11,22H,12-15H2,1-2H3. The number of halogens is 1. The molecule has 0 atom stereocenters. The van der Waals surface area contributed by atoms with Crippen molar-refractivity contribution in [3.8, 4) is 11.3 Å². The van der Waals surface area contributed by atoms with Crippen LogP contribution < -0.4 is 5.32 Å². The molecule has 0 unspecified atom stereocenters. The van der Waals surface area contributed by atoms with E-state index in [4.69, 9.17) is 21.8 Å².